The van der Waals surface area contributed by atoms with Crippen molar-refractivity contribution < 1.29 is 19.4 Å². The van der Waals surface area contributed by atoms with E-state index >= 15 is 0 Å². The molecule has 0 aromatic heterocycles. The first kappa shape index (κ1) is 21.9. The van der Waals surface area contributed by atoms with Gasteiger partial charge >= 0.3 is 11.9 Å². The summed E-state index contributed by atoms with van der Waals surface area (Å²) in [5, 5.41) is 8.65. The van der Waals surface area contributed by atoms with Crippen LogP contribution in [0.4, 0.5) is 0 Å². The molecule has 4 nitrogen and oxygen atoms in total. The summed E-state index contributed by atoms with van der Waals surface area (Å²) < 4.78 is 5.67. The van der Waals surface area contributed by atoms with Crippen molar-refractivity contribution in [3.8, 4) is 0 Å². The van der Waals surface area contributed by atoms with Gasteiger partial charge in [0.25, 0.3) is 0 Å². The summed E-state index contributed by atoms with van der Waals surface area (Å²) in [6.07, 6.45) is 16.3. The second-order valence-electron chi connectivity index (χ2n) is 7.62. The number of aliphatic carboxylic acids is 1. The van der Waals surface area contributed by atoms with E-state index in [4.69, 9.17) is 9.84 Å². The molecule has 1 aliphatic rings. The summed E-state index contributed by atoms with van der Waals surface area (Å²) in [5.74, 6) is -0.513. The fourth-order valence-corrected chi connectivity index (χ4v) is 3.73. The van der Waals surface area contributed by atoms with E-state index in [1.165, 1.54) is 38.2 Å². The Morgan fingerprint density at radius 2 is 1.71 bits per heavy atom. The normalized spacial score (nSPS) is 19.4. The lowest BCUT2D eigenvalue weighted by atomic mass is 9.84. The summed E-state index contributed by atoms with van der Waals surface area (Å²) in [6.45, 7) is 3.76. The number of carboxylic acids is 1. The van der Waals surface area contributed by atoms with Crippen LogP contribution in [0.1, 0.15) is 80.1 Å². The van der Waals surface area contributed by atoms with Crippen LogP contribution in [-0.4, -0.2) is 23.1 Å². The zero-order valence-corrected chi connectivity index (χ0v) is 16.6. The number of unbranched alkanes of at least 4 members (excludes halogenated alkanes) is 4. The summed E-state index contributed by atoms with van der Waals surface area (Å²) in [4.78, 5) is 22.9. The van der Waals surface area contributed by atoms with Gasteiger partial charge < -0.3 is 9.84 Å². The van der Waals surface area contributed by atoms with Crippen LogP contribution in [0.5, 0.6) is 0 Å². The quantitative estimate of drug-likeness (QED) is 0.219. The number of carbonyl (C=O) groups is 2. The minimum Gasteiger partial charge on any atom is -0.478 e. The van der Waals surface area contributed by atoms with E-state index < -0.39 is 5.97 Å². The lowest BCUT2D eigenvalue weighted by Crippen LogP contribution is -2.24. The first-order valence-corrected chi connectivity index (χ1v) is 10.4. The molecule has 4 heteroatoms. The average molecular weight is 385 g/mol. The number of allylic oxidation sites excluding steroid dienone is 1. The maximum atomic E-state index is 12.3. The molecule has 0 heterocycles. The van der Waals surface area contributed by atoms with E-state index in [1.807, 2.05) is 6.08 Å². The standard InChI is InChI=1S/C24H32O4/c1-2-3-4-5-6-7-8-19-11-16-22(17-12-19)28-24(27)21-14-9-20(10-15-21)13-18-23(25)26/h2,9-10,13-15,18-19,22H,1,3-8,11-12,16-17H2,(H,25,26)/b18-13+. The van der Waals surface area contributed by atoms with Gasteiger partial charge in [-0.05, 0) is 68.2 Å². The minimum absolute atomic E-state index is 0.0166. The highest BCUT2D eigenvalue weighted by molar-refractivity contribution is 5.90. The van der Waals surface area contributed by atoms with Crippen molar-refractivity contribution in [2.45, 2.75) is 70.3 Å². The molecule has 1 aromatic carbocycles. The monoisotopic (exact) mass is 384 g/mol. The molecule has 0 atom stereocenters. The summed E-state index contributed by atoms with van der Waals surface area (Å²) in [7, 11) is 0. The van der Waals surface area contributed by atoms with E-state index in [1.54, 1.807) is 24.3 Å². The van der Waals surface area contributed by atoms with Crippen LogP contribution in [-0.2, 0) is 9.53 Å². The maximum absolute atomic E-state index is 12.3. The van der Waals surface area contributed by atoms with Gasteiger partial charge in [0.05, 0.1) is 5.56 Å². The number of ether oxygens (including phenoxy) is 1. The van der Waals surface area contributed by atoms with Crippen LogP contribution >= 0.6 is 0 Å². The number of hydrogen-bond acceptors (Lipinski definition) is 3. The van der Waals surface area contributed by atoms with Gasteiger partial charge in [0.1, 0.15) is 6.10 Å². The molecule has 152 valence electrons. The number of esters is 1. The molecular weight excluding hydrogens is 352 g/mol. The van der Waals surface area contributed by atoms with Crippen molar-refractivity contribution in [1.29, 1.82) is 0 Å². The van der Waals surface area contributed by atoms with Crippen molar-refractivity contribution in [3.05, 3.63) is 54.1 Å². The molecule has 1 saturated carbocycles. The molecule has 0 radical (unpaired) electrons. The average Bonchev–Trinajstić information content (AvgIpc) is 2.70. The third-order valence-electron chi connectivity index (χ3n) is 5.40. The van der Waals surface area contributed by atoms with Crippen molar-refractivity contribution in [2.24, 2.45) is 5.92 Å². The molecule has 0 unspecified atom stereocenters. The lowest BCUT2D eigenvalue weighted by molar-refractivity contribution is -0.131. The maximum Gasteiger partial charge on any atom is 0.338 e. The van der Waals surface area contributed by atoms with Gasteiger partial charge in [-0.25, -0.2) is 9.59 Å². The van der Waals surface area contributed by atoms with Gasteiger partial charge in [0.15, 0.2) is 0 Å². The molecular formula is C24H32O4. The molecule has 0 saturated heterocycles. The largest absolute Gasteiger partial charge is 0.478 e. The third-order valence-corrected chi connectivity index (χ3v) is 5.40. The molecule has 2 rings (SSSR count). The fraction of sp³-hybridized carbons (Fsp3) is 0.500. The zero-order chi connectivity index (χ0) is 20.2. The third kappa shape index (κ3) is 8.12. The highest BCUT2D eigenvalue weighted by Crippen LogP contribution is 2.30. The summed E-state index contributed by atoms with van der Waals surface area (Å²) in [6, 6.07) is 6.81. The van der Waals surface area contributed by atoms with E-state index in [-0.39, 0.29) is 12.1 Å². The molecule has 1 N–H and O–H groups in total. The molecule has 1 fully saturated rings. The van der Waals surface area contributed by atoms with Crippen LogP contribution in [0.25, 0.3) is 6.08 Å². The zero-order valence-electron chi connectivity index (χ0n) is 16.6. The second kappa shape index (κ2) is 12.2. The molecule has 0 aliphatic heterocycles. The molecule has 28 heavy (non-hydrogen) atoms. The predicted molar refractivity (Wildman–Crippen MR) is 112 cm³/mol. The van der Waals surface area contributed by atoms with Gasteiger partial charge in [0, 0.05) is 6.08 Å². The Labute approximate surface area is 168 Å². The number of carbonyl (C=O) groups excluding carboxylic acids is 1. The SMILES string of the molecule is C=CCCCCCCC1CCC(OC(=O)c2ccc(/C=C/C(=O)O)cc2)CC1. The Kier molecular flexibility index (Phi) is 9.53. The van der Waals surface area contributed by atoms with Gasteiger partial charge in [-0.3, -0.25) is 0 Å². The Morgan fingerprint density at radius 1 is 1.04 bits per heavy atom. The van der Waals surface area contributed by atoms with E-state index in [9.17, 15) is 9.59 Å². The van der Waals surface area contributed by atoms with Crippen LogP contribution in [0, 0.1) is 5.92 Å². The molecule has 0 spiro atoms. The van der Waals surface area contributed by atoms with Crippen LogP contribution in [0.2, 0.25) is 0 Å². The molecule has 0 bridgehead atoms. The Morgan fingerprint density at radius 3 is 2.36 bits per heavy atom. The van der Waals surface area contributed by atoms with Crippen molar-refractivity contribution >= 4 is 18.0 Å². The van der Waals surface area contributed by atoms with Crippen molar-refractivity contribution in [2.75, 3.05) is 0 Å². The fourth-order valence-electron chi connectivity index (χ4n) is 3.73. The van der Waals surface area contributed by atoms with Crippen LogP contribution < -0.4 is 0 Å². The number of benzene rings is 1. The Balaban J connectivity index is 1.67. The van der Waals surface area contributed by atoms with Crippen molar-refractivity contribution in [1.82, 2.24) is 0 Å². The number of rotatable bonds is 11. The summed E-state index contributed by atoms with van der Waals surface area (Å²) >= 11 is 0. The molecule has 1 aliphatic carbocycles. The topological polar surface area (TPSA) is 63.6 Å². The minimum atomic E-state index is -0.994. The first-order chi connectivity index (χ1) is 13.6. The van der Waals surface area contributed by atoms with E-state index in [2.05, 4.69) is 6.58 Å². The van der Waals surface area contributed by atoms with Gasteiger partial charge in [-0.1, -0.05) is 43.9 Å². The highest BCUT2D eigenvalue weighted by atomic mass is 16.5. The van der Waals surface area contributed by atoms with Crippen LogP contribution in [0.15, 0.2) is 43.0 Å². The van der Waals surface area contributed by atoms with Gasteiger partial charge in [0.2, 0.25) is 0 Å². The predicted octanol–water partition coefficient (Wildman–Crippen LogP) is 6.03. The summed E-state index contributed by atoms with van der Waals surface area (Å²) in [5.41, 5.74) is 1.25. The van der Waals surface area contributed by atoms with E-state index in [0.717, 1.165) is 49.7 Å². The highest BCUT2D eigenvalue weighted by Gasteiger charge is 2.24. The van der Waals surface area contributed by atoms with Gasteiger partial charge in [-0.15, -0.1) is 6.58 Å². The first-order valence-electron chi connectivity index (χ1n) is 10.4. The number of carboxylic acid groups (broad SMARTS) is 1. The number of hydrogen-bond donors (Lipinski definition) is 1. The second-order valence-corrected chi connectivity index (χ2v) is 7.62. The smallest absolute Gasteiger partial charge is 0.338 e. The van der Waals surface area contributed by atoms with Gasteiger partial charge in [-0.2, -0.15) is 0 Å². The molecule has 0 amide bonds. The van der Waals surface area contributed by atoms with Crippen molar-refractivity contribution in [3.63, 3.8) is 0 Å². The Bertz CT molecular complexity index is 652. The Hall–Kier alpha value is -2.36. The lowest BCUT2D eigenvalue weighted by Gasteiger charge is -2.28. The van der Waals surface area contributed by atoms with Crippen LogP contribution in [0.3, 0.4) is 0 Å². The molecule has 1 aromatic rings. The van der Waals surface area contributed by atoms with E-state index in [0.29, 0.717) is 5.56 Å².